The zero-order valence-corrected chi connectivity index (χ0v) is 21.9. The maximum Gasteiger partial charge on any atom is 0.412 e. The Morgan fingerprint density at radius 1 is 1.09 bits per heavy atom. The Balaban J connectivity index is 1.49. The molecule has 6 nitrogen and oxygen atoms in total. The predicted octanol–water partition coefficient (Wildman–Crippen LogP) is 6.37. The molecule has 0 radical (unpaired) electrons. The number of carbonyl (C=O) groups excluding carboxylic acids is 1. The normalized spacial score (nSPS) is 18.2. The van der Waals surface area contributed by atoms with Crippen molar-refractivity contribution in [3.8, 4) is 5.75 Å². The van der Waals surface area contributed by atoms with E-state index in [4.69, 9.17) is 18.6 Å². The Labute approximate surface area is 199 Å². The lowest BCUT2D eigenvalue weighted by Gasteiger charge is -2.36. The molecule has 1 aliphatic rings. The first kappa shape index (κ1) is 24.8. The van der Waals surface area contributed by atoms with Crippen molar-refractivity contribution >= 4 is 36.0 Å². The molecule has 1 amide bonds. The van der Waals surface area contributed by atoms with E-state index in [-0.39, 0.29) is 23.9 Å². The highest BCUT2D eigenvalue weighted by molar-refractivity contribution is 9.10. The number of amides is 1. The van der Waals surface area contributed by atoms with E-state index in [1.807, 2.05) is 42.5 Å². The Morgan fingerprint density at radius 2 is 1.78 bits per heavy atom. The molecule has 0 aliphatic carbocycles. The molecular weight excluding hydrogens is 490 g/mol. The fourth-order valence-electron chi connectivity index (χ4n) is 2.74. The van der Waals surface area contributed by atoms with Gasteiger partial charge in [0.25, 0.3) is 0 Å². The van der Waals surface area contributed by atoms with E-state index >= 15 is 0 Å². The van der Waals surface area contributed by atoms with Gasteiger partial charge >= 0.3 is 6.09 Å². The van der Waals surface area contributed by atoms with Gasteiger partial charge in [0, 0.05) is 4.47 Å². The second-order valence-electron chi connectivity index (χ2n) is 9.42. The number of hydrogen-bond acceptors (Lipinski definition) is 5. The standard InChI is InChI=1S/C24H32BrNO5Si/c1-24(2,3)32(4,5)30-16-22-21(31-22)15-28-20-13-18(25)11-12-19(20)26-23(27)29-14-17-9-7-6-8-10-17/h6-13,21-22H,14-16H2,1-5H3,(H,26,27). The average molecular weight is 523 g/mol. The molecule has 2 aromatic carbocycles. The number of hydrogen-bond donors (Lipinski definition) is 1. The third kappa shape index (κ3) is 7.06. The van der Waals surface area contributed by atoms with E-state index in [9.17, 15) is 4.79 Å². The summed E-state index contributed by atoms with van der Waals surface area (Å²) in [6.07, 6.45) is -0.510. The molecule has 1 N–H and O–H groups in total. The van der Waals surface area contributed by atoms with Crippen LogP contribution in [0.1, 0.15) is 26.3 Å². The van der Waals surface area contributed by atoms with Crippen LogP contribution in [-0.2, 0) is 20.5 Å². The van der Waals surface area contributed by atoms with Gasteiger partial charge in [-0.1, -0.05) is 67.0 Å². The van der Waals surface area contributed by atoms with Crippen molar-refractivity contribution in [2.24, 2.45) is 0 Å². The van der Waals surface area contributed by atoms with Crippen LogP contribution in [0.2, 0.25) is 18.1 Å². The third-order valence-electron chi connectivity index (χ3n) is 5.90. The molecular formula is C24H32BrNO5Si. The molecule has 2 atom stereocenters. The van der Waals surface area contributed by atoms with Crippen LogP contribution < -0.4 is 10.1 Å². The molecule has 174 valence electrons. The molecule has 2 unspecified atom stereocenters. The van der Waals surface area contributed by atoms with E-state index < -0.39 is 14.4 Å². The summed E-state index contributed by atoms with van der Waals surface area (Å²) < 4.78 is 24.1. The van der Waals surface area contributed by atoms with Crippen LogP contribution in [0.3, 0.4) is 0 Å². The van der Waals surface area contributed by atoms with Crippen molar-refractivity contribution in [1.82, 2.24) is 0 Å². The van der Waals surface area contributed by atoms with Crippen molar-refractivity contribution in [2.75, 3.05) is 18.5 Å². The first-order valence-electron chi connectivity index (χ1n) is 10.7. The number of rotatable bonds is 9. The lowest BCUT2D eigenvalue weighted by atomic mass is 10.2. The van der Waals surface area contributed by atoms with Gasteiger partial charge in [0.05, 0.1) is 12.3 Å². The van der Waals surface area contributed by atoms with E-state index in [1.165, 1.54) is 0 Å². The predicted molar refractivity (Wildman–Crippen MR) is 132 cm³/mol. The quantitative estimate of drug-likeness (QED) is 0.306. The summed E-state index contributed by atoms with van der Waals surface area (Å²) in [6.45, 7) is 12.3. The summed E-state index contributed by atoms with van der Waals surface area (Å²) in [5.41, 5.74) is 1.47. The average Bonchev–Trinajstić information content (AvgIpc) is 3.49. The Hall–Kier alpha value is -1.87. The molecule has 0 saturated carbocycles. The van der Waals surface area contributed by atoms with Gasteiger partial charge in [-0.25, -0.2) is 4.79 Å². The van der Waals surface area contributed by atoms with Gasteiger partial charge < -0.3 is 18.6 Å². The third-order valence-corrected chi connectivity index (χ3v) is 10.9. The lowest BCUT2D eigenvalue weighted by molar-refractivity contribution is 0.155. The number of epoxide rings is 1. The number of carbonyl (C=O) groups is 1. The first-order valence-corrected chi connectivity index (χ1v) is 14.4. The maximum absolute atomic E-state index is 12.2. The SMILES string of the molecule is CC(C)(C)[Si](C)(C)OCC1OC1COc1cc(Br)ccc1NC(=O)OCc1ccccc1. The Morgan fingerprint density at radius 3 is 2.47 bits per heavy atom. The highest BCUT2D eigenvalue weighted by Crippen LogP contribution is 2.38. The first-order chi connectivity index (χ1) is 15.0. The molecule has 1 heterocycles. The molecule has 1 fully saturated rings. The van der Waals surface area contributed by atoms with Crippen molar-refractivity contribution in [1.29, 1.82) is 0 Å². The zero-order chi connectivity index (χ0) is 23.4. The van der Waals surface area contributed by atoms with E-state index in [1.54, 1.807) is 6.07 Å². The number of ether oxygens (including phenoxy) is 3. The molecule has 0 spiro atoms. The monoisotopic (exact) mass is 521 g/mol. The highest BCUT2D eigenvalue weighted by atomic mass is 79.9. The number of benzene rings is 2. The van der Waals surface area contributed by atoms with Gasteiger partial charge in [0.2, 0.25) is 0 Å². The van der Waals surface area contributed by atoms with Crippen LogP contribution in [0.5, 0.6) is 5.75 Å². The number of nitrogens with one attached hydrogen (secondary N) is 1. The fourth-order valence-corrected chi connectivity index (χ4v) is 4.09. The van der Waals surface area contributed by atoms with Crippen LogP contribution in [0.4, 0.5) is 10.5 Å². The molecule has 1 aliphatic heterocycles. The molecule has 0 aromatic heterocycles. The van der Waals surface area contributed by atoms with E-state index in [0.29, 0.717) is 24.7 Å². The van der Waals surface area contributed by atoms with Crippen molar-refractivity contribution in [3.63, 3.8) is 0 Å². The van der Waals surface area contributed by atoms with Crippen LogP contribution in [0, 0.1) is 0 Å². The maximum atomic E-state index is 12.2. The Bertz CT molecular complexity index is 916. The zero-order valence-electron chi connectivity index (χ0n) is 19.3. The second-order valence-corrected chi connectivity index (χ2v) is 15.1. The summed E-state index contributed by atoms with van der Waals surface area (Å²) >= 11 is 3.45. The Kier molecular flexibility index (Phi) is 8.03. The van der Waals surface area contributed by atoms with Gasteiger partial charge in [0.1, 0.15) is 31.2 Å². The smallest absolute Gasteiger partial charge is 0.412 e. The van der Waals surface area contributed by atoms with Crippen LogP contribution in [-0.4, -0.2) is 39.8 Å². The van der Waals surface area contributed by atoms with Gasteiger partial charge in [-0.15, -0.1) is 0 Å². The second kappa shape index (κ2) is 10.4. The minimum atomic E-state index is -1.80. The van der Waals surface area contributed by atoms with Crippen molar-refractivity contribution in [2.45, 2.75) is 57.7 Å². The van der Waals surface area contributed by atoms with Crippen LogP contribution >= 0.6 is 15.9 Å². The summed E-state index contributed by atoms with van der Waals surface area (Å²) in [6, 6.07) is 15.0. The topological polar surface area (TPSA) is 69.3 Å². The summed E-state index contributed by atoms with van der Waals surface area (Å²) in [5.74, 6) is 0.551. The molecule has 2 aromatic rings. The molecule has 3 rings (SSSR count). The minimum absolute atomic E-state index is 0.0170. The van der Waals surface area contributed by atoms with Gasteiger partial charge in [0.15, 0.2) is 8.32 Å². The molecule has 8 heteroatoms. The van der Waals surface area contributed by atoms with Crippen LogP contribution in [0.25, 0.3) is 0 Å². The largest absolute Gasteiger partial charge is 0.489 e. The van der Waals surface area contributed by atoms with Crippen LogP contribution in [0.15, 0.2) is 53.0 Å². The van der Waals surface area contributed by atoms with E-state index in [0.717, 1.165) is 10.0 Å². The van der Waals surface area contributed by atoms with Crippen molar-refractivity contribution < 1.29 is 23.4 Å². The summed E-state index contributed by atoms with van der Waals surface area (Å²) in [7, 11) is -1.80. The van der Waals surface area contributed by atoms with Gasteiger partial charge in [-0.2, -0.15) is 0 Å². The fraction of sp³-hybridized carbons (Fsp3) is 0.458. The highest BCUT2D eigenvalue weighted by Gasteiger charge is 2.44. The molecule has 32 heavy (non-hydrogen) atoms. The molecule has 1 saturated heterocycles. The molecule has 0 bridgehead atoms. The van der Waals surface area contributed by atoms with Crippen molar-refractivity contribution in [3.05, 3.63) is 58.6 Å². The van der Waals surface area contributed by atoms with Gasteiger partial charge in [-0.3, -0.25) is 5.32 Å². The summed E-state index contributed by atoms with van der Waals surface area (Å²) in [5, 5.41) is 2.92. The van der Waals surface area contributed by atoms with E-state index in [2.05, 4.69) is 55.1 Å². The number of halogens is 1. The van der Waals surface area contributed by atoms with Gasteiger partial charge in [-0.05, 0) is 41.9 Å². The number of anilines is 1. The lowest BCUT2D eigenvalue weighted by Crippen LogP contribution is -2.41. The summed E-state index contributed by atoms with van der Waals surface area (Å²) in [4.78, 5) is 12.2. The minimum Gasteiger partial charge on any atom is -0.489 e.